The summed E-state index contributed by atoms with van der Waals surface area (Å²) in [5, 5.41) is 9.40. The van der Waals surface area contributed by atoms with Crippen molar-refractivity contribution < 1.29 is 13.5 Å². The van der Waals surface area contributed by atoms with Crippen molar-refractivity contribution in [3.05, 3.63) is 29.8 Å². The molecule has 1 aliphatic rings. The number of sulfone groups is 1. The molecule has 1 fully saturated rings. The van der Waals surface area contributed by atoms with Crippen LogP contribution in [0.2, 0.25) is 0 Å². The second kappa shape index (κ2) is 3.86. The summed E-state index contributed by atoms with van der Waals surface area (Å²) in [5.41, 5.74) is 0.935. The minimum Gasteiger partial charge on any atom is -0.395 e. The molecule has 3 nitrogen and oxygen atoms in total. The molecule has 0 amide bonds. The van der Waals surface area contributed by atoms with Crippen molar-refractivity contribution in [2.24, 2.45) is 0 Å². The molecule has 4 heteroatoms. The number of aliphatic hydroxyl groups is 1. The first-order valence-corrected chi connectivity index (χ1v) is 7.29. The third kappa shape index (κ3) is 1.87. The molecule has 1 aliphatic carbocycles. The molecule has 0 aromatic heterocycles. The predicted octanol–water partition coefficient (Wildman–Crippen LogP) is 1.50. The van der Waals surface area contributed by atoms with Crippen LogP contribution in [0.25, 0.3) is 0 Å². The molecule has 0 saturated heterocycles. The van der Waals surface area contributed by atoms with Gasteiger partial charge in [-0.1, -0.05) is 18.6 Å². The Balaban J connectivity index is 2.33. The highest BCUT2D eigenvalue weighted by atomic mass is 32.2. The quantitative estimate of drug-likeness (QED) is 0.871. The fraction of sp³-hybridized carbons (Fsp3) is 0.500. The van der Waals surface area contributed by atoms with Gasteiger partial charge in [-0.05, 0) is 30.5 Å². The maximum atomic E-state index is 11.3. The zero-order valence-corrected chi connectivity index (χ0v) is 10.1. The Bertz CT molecular complexity index is 464. The Morgan fingerprint density at radius 1 is 1.25 bits per heavy atom. The maximum absolute atomic E-state index is 11.3. The van der Waals surface area contributed by atoms with Gasteiger partial charge in [-0.15, -0.1) is 0 Å². The van der Waals surface area contributed by atoms with Crippen LogP contribution in [-0.2, 0) is 15.3 Å². The topological polar surface area (TPSA) is 54.4 Å². The smallest absolute Gasteiger partial charge is 0.175 e. The molecule has 1 aromatic carbocycles. The highest BCUT2D eigenvalue weighted by Gasteiger charge is 2.37. The zero-order valence-electron chi connectivity index (χ0n) is 9.31. The van der Waals surface area contributed by atoms with Crippen LogP contribution in [-0.4, -0.2) is 26.4 Å². The van der Waals surface area contributed by atoms with Crippen molar-refractivity contribution >= 4 is 9.84 Å². The number of benzene rings is 1. The lowest BCUT2D eigenvalue weighted by molar-refractivity contribution is 0.120. The van der Waals surface area contributed by atoms with Gasteiger partial charge in [0.2, 0.25) is 0 Å². The minimum atomic E-state index is -3.12. The van der Waals surface area contributed by atoms with Crippen molar-refractivity contribution in [1.29, 1.82) is 0 Å². The standard InChI is InChI=1S/C12H16O3S/c1-16(14,15)11-5-3-10(4-6-11)12(9-13)7-2-8-12/h3-6,13H,2,7-9H2,1H3. The summed E-state index contributed by atoms with van der Waals surface area (Å²) in [6.07, 6.45) is 4.31. The summed E-state index contributed by atoms with van der Waals surface area (Å²) in [6, 6.07) is 6.90. The van der Waals surface area contributed by atoms with Crippen molar-refractivity contribution in [3.63, 3.8) is 0 Å². The third-order valence-corrected chi connectivity index (χ3v) is 4.64. The van der Waals surface area contributed by atoms with Crippen LogP contribution in [0.4, 0.5) is 0 Å². The van der Waals surface area contributed by atoms with E-state index in [-0.39, 0.29) is 12.0 Å². The van der Waals surface area contributed by atoms with Crippen molar-refractivity contribution in [2.45, 2.75) is 29.6 Å². The lowest BCUT2D eigenvalue weighted by atomic mass is 9.65. The molecule has 2 rings (SSSR count). The van der Waals surface area contributed by atoms with E-state index in [0.717, 1.165) is 24.8 Å². The molecule has 0 aliphatic heterocycles. The first-order valence-electron chi connectivity index (χ1n) is 5.39. The summed E-state index contributed by atoms with van der Waals surface area (Å²) in [6.45, 7) is 0.144. The molecular weight excluding hydrogens is 224 g/mol. The van der Waals surface area contributed by atoms with Gasteiger partial charge < -0.3 is 5.11 Å². The van der Waals surface area contributed by atoms with Gasteiger partial charge in [-0.2, -0.15) is 0 Å². The van der Waals surface area contributed by atoms with Crippen molar-refractivity contribution in [2.75, 3.05) is 12.9 Å². The number of rotatable bonds is 3. The third-order valence-electron chi connectivity index (χ3n) is 3.51. The van der Waals surface area contributed by atoms with Gasteiger partial charge in [0.05, 0.1) is 11.5 Å². The summed E-state index contributed by atoms with van der Waals surface area (Å²) in [4.78, 5) is 0.337. The van der Waals surface area contributed by atoms with E-state index in [1.54, 1.807) is 12.1 Å². The molecule has 0 heterocycles. The molecule has 0 atom stereocenters. The SMILES string of the molecule is CS(=O)(=O)c1ccc(C2(CO)CCC2)cc1. The van der Waals surface area contributed by atoms with E-state index in [9.17, 15) is 13.5 Å². The first kappa shape index (κ1) is 11.6. The van der Waals surface area contributed by atoms with Gasteiger partial charge >= 0.3 is 0 Å². The lowest BCUT2D eigenvalue weighted by Crippen LogP contribution is -2.37. The van der Waals surface area contributed by atoms with Gasteiger partial charge in [0.1, 0.15) is 0 Å². The first-order chi connectivity index (χ1) is 7.48. The maximum Gasteiger partial charge on any atom is 0.175 e. The van der Waals surface area contributed by atoms with Gasteiger partial charge in [-0.25, -0.2) is 8.42 Å². The number of aliphatic hydroxyl groups excluding tert-OH is 1. The normalized spacial score (nSPS) is 19.1. The van der Waals surface area contributed by atoms with Crippen LogP contribution in [0.3, 0.4) is 0 Å². The van der Waals surface area contributed by atoms with Crippen LogP contribution < -0.4 is 0 Å². The zero-order chi connectivity index (χ0) is 11.8. The van der Waals surface area contributed by atoms with E-state index in [2.05, 4.69) is 0 Å². The lowest BCUT2D eigenvalue weighted by Gasteiger charge is -2.40. The predicted molar refractivity (Wildman–Crippen MR) is 62.2 cm³/mol. The van der Waals surface area contributed by atoms with Gasteiger partial charge in [-0.3, -0.25) is 0 Å². The average molecular weight is 240 g/mol. The molecule has 1 N–H and O–H groups in total. The molecular formula is C12H16O3S. The van der Waals surface area contributed by atoms with E-state index in [4.69, 9.17) is 0 Å². The monoisotopic (exact) mass is 240 g/mol. The molecule has 0 bridgehead atoms. The number of hydrogen-bond donors (Lipinski definition) is 1. The van der Waals surface area contributed by atoms with Crippen LogP contribution in [0.1, 0.15) is 24.8 Å². The Labute approximate surface area is 96.0 Å². The Hall–Kier alpha value is -0.870. The molecule has 0 spiro atoms. The molecule has 1 aromatic rings. The molecule has 88 valence electrons. The average Bonchev–Trinajstić information content (AvgIpc) is 2.16. The Kier molecular flexibility index (Phi) is 2.80. The number of hydrogen-bond acceptors (Lipinski definition) is 3. The minimum absolute atomic E-state index is 0.115. The summed E-state index contributed by atoms with van der Waals surface area (Å²) in [7, 11) is -3.12. The van der Waals surface area contributed by atoms with Gasteiger partial charge in [0.25, 0.3) is 0 Å². The molecule has 1 saturated carbocycles. The summed E-state index contributed by atoms with van der Waals surface area (Å²) >= 11 is 0. The summed E-state index contributed by atoms with van der Waals surface area (Å²) in [5.74, 6) is 0. The van der Waals surface area contributed by atoms with E-state index < -0.39 is 9.84 Å². The van der Waals surface area contributed by atoms with E-state index in [0.29, 0.717) is 4.90 Å². The van der Waals surface area contributed by atoms with E-state index in [1.165, 1.54) is 6.26 Å². The Morgan fingerprint density at radius 2 is 1.81 bits per heavy atom. The second-order valence-electron chi connectivity index (χ2n) is 4.59. The van der Waals surface area contributed by atoms with E-state index in [1.807, 2.05) is 12.1 Å². The van der Waals surface area contributed by atoms with Crippen LogP contribution >= 0.6 is 0 Å². The summed E-state index contributed by atoms with van der Waals surface area (Å²) < 4.78 is 22.6. The van der Waals surface area contributed by atoms with E-state index >= 15 is 0 Å². The molecule has 16 heavy (non-hydrogen) atoms. The second-order valence-corrected chi connectivity index (χ2v) is 6.60. The fourth-order valence-electron chi connectivity index (χ4n) is 2.20. The van der Waals surface area contributed by atoms with Crippen LogP contribution in [0.15, 0.2) is 29.2 Å². The van der Waals surface area contributed by atoms with Crippen molar-refractivity contribution in [3.8, 4) is 0 Å². The largest absolute Gasteiger partial charge is 0.395 e. The Morgan fingerprint density at radius 3 is 2.12 bits per heavy atom. The highest BCUT2D eigenvalue weighted by molar-refractivity contribution is 7.90. The van der Waals surface area contributed by atoms with Crippen LogP contribution in [0.5, 0.6) is 0 Å². The highest BCUT2D eigenvalue weighted by Crippen LogP contribution is 2.43. The van der Waals surface area contributed by atoms with Crippen LogP contribution in [0, 0.1) is 0 Å². The molecule has 0 unspecified atom stereocenters. The fourth-order valence-corrected chi connectivity index (χ4v) is 2.83. The van der Waals surface area contributed by atoms with Crippen molar-refractivity contribution in [1.82, 2.24) is 0 Å². The van der Waals surface area contributed by atoms with Gasteiger partial charge in [0, 0.05) is 11.7 Å². The van der Waals surface area contributed by atoms with Gasteiger partial charge in [0.15, 0.2) is 9.84 Å². The molecule has 0 radical (unpaired) electrons.